The van der Waals surface area contributed by atoms with Gasteiger partial charge in [-0.15, -0.1) is 11.3 Å². The number of nitrogens with one attached hydrogen (secondary N) is 1. The Morgan fingerprint density at radius 1 is 1.19 bits per heavy atom. The van der Waals surface area contributed by atoms with Gasteiger partial charge in [-0.2, -0.15) is 3.97 Å². The smallest absolute Gasteiger partial charge is 0.278 e. The van der Waals surface area contributed by atoms with E-state index in [9.17, 15) is 18.0 Å². The highest BCUT2D eigenvalue weighted by Crippen LogP contribution is 2.27. The lowest BCUT2D eigenvalue weighted by Crippen LogP contribution is -2.32. The van der Waals surface area contributed by atoms with Gasteiger partial charge in [0.2, 0.25) is 10.0 Å². The lowest BCUT2D eigenvalue weighted by atomic mass is 10.2. The van der Waals surface area contributed by atoms with Crippen LogP contribution in [0.4, 0.5) is 5.69 Å². The molecule has 1 amide bonds. The highest BCUT2D eigenvalue weighted by Gasteiger charge is 2.22. The van der Waals surface area contributed by atoms with Gasteiger partial charge in [-0.25, -0.2) is 8.42 Å². The number of fused-ring (bicyclic) bond motifs is 1. The van der Waals surface area contributed by atoms with Gasteiger partial charge in [-0.3, -0.25) is 9.59 Å². The number of anilines is 1. The van der Waals surface area contributed by atoms with Crippen LogP contribution in [0.25, 0.3) is 10.2 Å². The second-order valence-electron chi connectivity index (χ2n) is 5.93. The van der Waals surface area contributed by atoms with E-state index in [4.69, 9.17) is 0 Å². The Kier molecular flexibility index (Phi) is 4.97. The number of carbonyl (C=O) groups is 1. The van der Waals surface area contributed by atoms with Gasteiger partial charge in [0.25, 0.3) is 11.5 Å². The first-order valence-corrected chi connectivity index (χ1v) is 10.7. The quantitative estimate of drug-likeness (QED) is 0.725. The molecule has 6 nitrogen and oxygen atoms in total. The SMILES string of the molecule is CCCc1cc2cc(C(=O)Nc3ccccc3)c(=O)n(S(C)(=O)=O)c2s1. The van der Waals surface area contributed by atoms with Crippen LogP contribution >= 0.6 is 11.3 Å². The normalized spacial score (nSPS) is 11.6. The van der Waals surface area contributed by atoms with E-state index in [-0.39, 0.29) is 5.56 Å². The van der Waals surface area contributed by atoms with Gasteiger partial charge < -0.3 is 5.32 Å². The van der Waals surface area contributed by atoms with Crippen molar-refractivity contribution in [1.29, 1.82) is 0 Å². The Morgan fingerprint density at radius 3 is 2.50 bits per heavy atom. The van der Waals surface area contributed by atoms with Crippen molar-refractivity contribution in [2.45, 2.75) is 19.8 Å². The topological polar surface area (TPSA) is 85.2 Å². The summed E-state index contributed by atoms with van der Waals surface area (Å²) in [6.45, 7) is 2.02. The first-order chi connectivity index (χ1) is 12.3. The van der Waals surface area contributed by atoms with Crippen molar-refractivity contribution >= 4 is 43.2 Å². The molecule has 0 saturated heterocycles. The van der Waals surface area contributed by atoms with Crippen molar-refractivity contribution in [2.24, 2.45) is 0 Å². The van der Waals surface area contributed by atoms with Gasteiger partial charge in [0, 0.05) is 16.0 Å². The fourth-order valence-corrected chi connectivity index (χ4v) is 5.15. The molecule has 0 unspecified atom stereocenters. The van der Waals surface area contributed by atoms with Crippen LogP contribution in [0.2, 0.25) is 0 Å². The summed E-state index contributed by atoms with van der Waals surface area (Å²) in [5.41, 5.74) is -0.508. The molecule has 0 atom stereocenters. The predicted molar refractivity (Wildman–Crippen MR) is 105 cm³/mol. The fourth-order valence-electron chi connectivity index (χ4n) is 2.68. The summed E-state index contributed by atoms with van der Waals surface area (Å²) in [6.07, 6.45) is 2.64. The summed E-state index contributed by atoms with van der Waals surface area (Å²) < 4.78 is 25.1. The van der Waals surface area contributed by atoms with Crippen molar-refractivity contribution in [3.63, 3.8) is 0 Å². The Bertz CT molecular complexity index is 1130. The summed E-state index contributed by atoms with van der Waals surface area (Å²) >= 11 is 1.27. The minimum Gasteiger partial charge on any atom is -0.322 e. The molecule has 26 heavy (non-hydrogen) atoms. The average Bonchev–Trinajstić information content (AvgIpc) is 2.95. The largest absolute Gasteiger partial charge is 0.322 e. The standard InChI is InChI=1S/C18H18N2O4S2/c1-3-7-14-10-12-11-15(16(21)19-13-8-5-4-6-9-13)17(22)20(18(12)25-14)26(2,23)24/h4-6,8-11H,3,7H2,1-2H3,(H,19,21). The maximum absolute atomic E-state index is 12.8. The number of para-hydroxylation sites is 1. The molecule has 1 N–H and O–H groups in total. The molecule has 8 heteroatoms. The number of pyridine rings is 1. The third-order valence-corrected chi connectivity index (χ3v) is 6.12. The van der Waals surface area contributed by atoms with E-state index in [0.29, 0.717) is 15.9 Å². The maximum Gasteiger partial charge on any atom is 0.278 e. The van der Waals surface area contributed by atoms with Crippen LogP contribution in [-0.4, -0.2) is 24.6 Å². The van der Waals surface area contributed by atoms with Crippen molar-refractivity contribution < 1.29 is 13.2 Å². The molecule has 0 fully saturated rings. The number of amides is 1. The Morgan fingerprint density at radius 2 is 1.88 bits per heavy atom. The minimum absolute atomic E-state index is 0.201. The number of hydrogen-bond donors (Lipinski definition) is 1. The first-order valence-electron chi connectivity index (χ1n) is 8.06. The van der Waals surface area contributed by atoms with E-state index in [1.807, 2.05) is 13.0 Å². The monoisotopic (exact) mass is 390 g/mol. The van der Waals surface area contributed by atoms with E-state index in [1.165, 1.54) is 17.4 Å². The van der Waals surface area contributed by atoms with Crippen LogP contribution in [0.15, 0.2) is 47.3 Å². The number of benzene rings is 1. The van der Waals surface area contributed by atoms with Crippen molar-refractivity contribution in [3.8, 4) is 0 Å². The summed E-state index contributed by atoms with van der Waals surface area (Å²) in [5.74, 6) is -0.635. The summed E-state index contributed by atoms with van der Waals surface area (Å²) in [5, 5.41) is 3.20. The lowest BCUT2D eigenvalue weighted by molar-refractivity contribution is 0.102. The molecule has 0 aliphatic rings. The van der Waals surface area contributed by atoms with E-state index in [0.717, 1.165) is 27.9 Å². The van der Waals surface area contributed by atoms with Crippen molar-refractivity contribution in [3.05, 3.63) is 63.3 Å². The number of rotatable bonds is 5. The molecular weight excluding hydrogens is 372 g/mol. The molecule has 0 aliphatic carbocycles. The second-order valence-corrected chi connectivity index (χ2v) is 8.88. The van der Waals surface area contributed by atoms with Crippen molar-refractivity contribution in [2.75, 3.05) is 11.6 Å². The lowest BCUT2D eigenvalue weighted by Gasteiger charge is -2.09. The van der Waals surface area contributed by atoms with Crippen LogP contribution in [0.1, 0.15) is 28.6 Å². The summed E-state index contributed by atoms with van der Waals surface area (Å²) in [6, 6.07) is 12.0. The Balaban J connectivity index is 2.18. The number of nitrogens with zero attached hydrogens (tertiary/aromatic N) is 1. The maximum atomic E-state index is 12.8. The Hall–Kier alpha value is -2.45. The summed E-state index contributed by atoms with van der Waals surface area (Å²) in [4.78, 5) is 26.6. The van der Waals surface area contributed by atoms with Crippen LogP contribution in [-0.2, 0) is 16.4 Å². The fraction of sp³-hybridized carbons (Fsp3) is 0.222. The minimum atomic E-state index is -3.86. The van der Waals surface area contributed by atoms with E-state index in [1.54, 1.807) is 30.3 Å². The van der Waals surface area contributed by atoms with Gasteiger partial charge in [-0.1, -0.05) is 31.5 Å². The molecule has 0 bridgehead atoms. The molecule has 2 heterocycles. The van der Waals surface area contributed by atoms with Gasteiger partial charge in [0.05, 0.1) is 6.26 Å². The van der Waals surface area contributed by atoms with Gasteiger partial charge in [0.1, 0.15) is 10.4 Å². The molecule has 1 aromatic carbocycles. The number of thiophene rings is 1. The van der Waals surface area contributed by atoms with Crippen LogP contribution in [0.5, 0.6) is 0 Å². The molecule has 136 valence electrons. The first kappa shape index (κ1) is 18.3. The molecule has 0 spiro atoms. The highest BCUT2D eigenvalue weighted by atomic mass is 32.2. The molecule has 3 rings (SSSR count). The number of aryl methyl sites for hydroxylation is 1. The third kappa shape index (κ3) is 3.56. The molecular formula is C18H18N2O4S2. The zero-order chi connectivity index (χ0) is 18.9. The van der Waals surface area contributed by atoms with Crippen LogP contribution in [0.3, 0.4) is 0 Å². The van der Waals surface area contributed by atoms with Crippen molar-refractivity contribution in [1.82, 2.24) is 3.97 Å². The third-order valence-electron chi connectivity index (χ3n) is 3.79. The van der Waals surface area contributed by atoms with Crippen LogP contribution in [0, 0.1) is 0 Å². The van der Waals surface area contributed by atoms with Gasteiger partial charge in [0.15, 0.2) is 0 Å². The zero-order valence-corrected chi connectivity index (χ0v) is 16.0. The molecule has 3 aromatic rings. The van der Waals surface area contributed by atoms with Gasteiger partial charge in [-0.05, 0) is 30.7 Å². The van der Waals surface area contributed by atoms with E-state index < -0.39 is 21.5 Å². The number of hydrogen-bond acceptors (Lipinski definition) is 5. The highest BCUT2D eigenvalue weighted by molar-refractivity contribution is 7.89. The molecule has 2 aromatic heterocycles. The molecule has 0 aliphatic heterocycles. The zero-order valence-electron chi connectivity index (χ0n) is 14.4. The van der Waals surface area contributed by atoms with E-state index in [2.05, 4.69) is 5.32 Å². The van der Waals surface area contributed by atoms with E-state index >= 15 is 0 Å². The molecule has 0 radical (unpaired) electrons. The van der Waals surface area contributed by atoms with Gasteiger partial charge >= 0.3 is 0 Å². The predicted octanol–water partition coefficient (Wildman–Crippen LogP) is 3.08. The molecule has 0 saturated carbocycles. The summed E-state index contributed by atoms with van der Waals surface area (Å²) in [7, 11) is -3.86. The average molecular weight is 390 g/mol. The second kappa shape index (κ2) is 7.05. The number of carbonyl (C=O) groups excluding carboxylic acids is 1. The van der Waals surface area contributed by atoms with Crippen LogP contribution < -0.4 is 10.9 Å². The number of aromatic nitrogens is 1. The Labute approximate surface area is 155 Å².